The van der Waals surface area contributed by atoms with E-state index in [4.69, 9.17) is 4.74 Å². The number of pyridine rings is 1. The van der Waals surface area contributed by atoms with Gasteiger partial charge in [0.15, 0.2) is 0 Å². The summed E-state index contributed by atoms with van der Waals surface area (Å²) in [6.45, 7) is 0.627. The van der Waals surface area contributed by atoms with E-state index in [-0.39, 0.29) is 12.0 Å². The Balaban J connectivity index is 2.01. The van der Waals surface area contributed by atoms with Crippen molar-refractivity contribution in [3.63, 3.8) is 0 Å². The molecule has 19 heavy (non-hydrogen) atoms. The van der Waals surface area contributed by atoms with Gasteiger partial charge in [-0.3, -0.25) is 0 Å². The van der Waals surface area contributed by atoms with Gasteiger partial charge in [-0.2, -0.15) is 0 Å². The molecule has 0 spiro atoms. The van der Waals surface area contributed by atoms with Gasteiger partial charge in [0.1, 0.15) is 11.4 Å². The summed E-state index contributed by atoms with van der Waals surface area (Å²) in [4.78, 5) is 15.8. The Kier molecular flexibility index (Phi) is 4.74. The Bertz CT molecular complexity index is 436. The second kappa shape index (κ2) is 6.52. The highest BCUT2D eigenvalue weighted by atomic mass is 16.5. The Morgan fingerprint density at radius 1 is 1.53 bits per heavy atom. The van der Waals surface area contributed by atoms with E-state index in [1.807, 2.05) is 0 Å². The van der Waals surface area contributed by atoms with E-state index in [1.165, 1.54) is 7.11 Å². The van der Waals surface area contributed by atoms with Crippen LogP contribution >= 0.6 is 0 Å². The fourth-order valence-corrected chi connectivity index (χ4v) is 2.47. The molecule has 0 radical (unpaired) electrons. The normalized spacial score (nSPS) is 22.8. The van der Waals surface area contributed by atoms with Crippen molar-refractivity contribution in [2.75, 3.05) is 19.0 Å². The van der Waals surface area contributed by atoms with E-state index in [0.29, 0.717) is 17.9 Å². The number of hydrogen-bond acceptors (Lipinski definition) is 5. The van der Waals surface area contributed by atoms with Gasteiger partial charge in [0.2, 0.25) is 0 Å². The minimum Gasteiger partial charge on any atom is -0.465 e. The average molecular weight is 264 g/mol. The first kappa shape index (κ1) is 13.8. The second-order valence-corrected chi connectivity index (χ2v) is 4.88. The number of aliphatic hydroxyl groups excluding tert-OH is 1. The third kappa shape index (κ3) is 3.44. The minimum atomic E-state index is -0.403. The molecule has 1 aliphatic carbocycles. The molecule has 1 aliphatic rings. The van der Waals surface area contributed by atoms with Gasteiger partial charge in [-0.1, -0.05) is 12.8 Å². The predicted molar refractivity (Wildman–Crippen MR) is 72.0 cm³/mol. The lowest BCUT2D eigenvalue weighted by Gasteiger charge is -2.27. The summed E-state index contributed by atoms with van der Waals surface area (Å²) in [6, 6.07) is 3.38. The Morgan fingerprint density at radius 2 is 2.32 bits per heavy atom. The van der Waals surface area contributed by atoms with E-state index in [0.717, 1.165) is 25.7 Å². The summed E-state index contributed by atoms with van der Waals surface area (Å²) >= 11 is 0. The van der Waals surface area contributed by atoms with Gasteiger partial charge in [0.05, 0.1) is 13.2 Å². The van der Waals surface area contributed by atoms with Gasteiger partial charge < -0.3 is 15.2 Å². The standard InChI is InChI=1S/C14H20N2O3/c1-19-14(18)11-6-4-8-15-13(11)16-9-10-5-2-3-7-12(10)17/h4,6,8,10,12,17H,2-3,5,7,9H2,1H3,(H,15,16). The molecule has 5 nitrogen and oxygen atoms in total. The van der Waals surface area contributed by atoms with E-state index >= 15 is 0 Å². The van der Waals surface area contributed by atoms with Crippen LogP contribution in [0, 0.1) is 5.92 Å². The molecule has 5 heteroatoms. The fraction of sp³-hybridized carbons (Fsp3) is 0.571. The van der Waals surface area contributed by atoms with Gasteiger partial charge in [-0.15, -0.1) is 0 Å². The molecular weight excluding hydrogens is 244 g/mol. The van der Waals surface area contributed by atoms with Crippen molar-refractivity contribution in [3.8, 4) is 0 Å². The van der Waals surface area contributed by atoms with Gasteiger partial charge in [0, 0.05) is 18.7 Å². The van der Waals surface area contributed by atoms with Crippen LogP contribution < -0.4 is 5.32 Å². The van der Waals surface area contributed by atoms with Crippen LogP contribution in [0.15, 0.2) is 18.3 Å². The number of nitrogens with one attached hydrogen (secondary N) is 1. The lowest BCUT2D eigenvalue weighted by molar-refractivity contribution is 0.0601. The second-order valence-electron chi connectivity index (χ2n) is 4.88. The number of esters is 1. The molecule has 1 aromatic heterocycles. The van der Waals surface area contributed by atoms with Gasteiger partial charge in [0.25, 0.3) is 0 Å². The molecule has 1 saturated carbocycles. The lowest BCUT2D eigenvalue weighted by Crippen LogP contribution is -2.30. The van der Waals surface area contributed by atoms with Crippen molar-refractivity contribution in [2.24, 2.45) is 5.92 Å². The minimum absolute atomic E-state index is 0.223. The zero-order chi connectivity index (χ0) is 13.7. The molecule has 1 fully saturated rings. The number of nitrogens with zero attached hydrogens (tertiary/aromatic N) is 1. The number of hydrogen-bond donors (Lipinski definition) is 2. The molecule has 2 N–H and O–H groups in total. The van der Waals surface area contributed by atoms with Crippen LogP contribution in [-0.4, -0.2) is 35.8 Å². The Hall–Kier alpha value is -1.62. The number of methoxy groups -OCH3 is 1. The molecule has 104 valence electrons. The van der Waals surface area contributed by atoms with Crippen molar-refractivity contribution >= 4 is 11.8 Å². The molecule has 2 atom stereocenters. The van der Waals surface area contributed by atoms with Crippen LogP contribution in [0.1, 0.15) is 36.0 Å². The van der Waals surface area contributed by atoms with Crippen molar-refractivity contribution in [3.05, 3.63) is 23.9 Å². The monoisotopic (exact) mass is 264 g/mol. The van der Waals surface area contributed by atoms with Gasteiger partial charge in [-0.05, 0) is 25.0 Å². The topological polar surface area (TPSA) is 71.5 Å². The molecular formula is C14H20N2O3. The first-order chi connectivity index (χ1) is 9.22. The van der Waals surface area contributed by atoms with E-state index in [2.05, 4.69) is 10.3 Å². The van der Waals surface area contributed by atoms with E-state index in [9.17, 15) is 9.90 Å². The summed E-state index contributed by atoms with van der Waals surface area (Å²) in [6.07, 6.45) is 5.48. The van der Waals surface area contributed by atoms with Crippen LogP contribution in [-0.2, 0) is 4.74 Å². The maximum atomic E-state index is 11.6. The molecule has 2 unspecified atom stereocenters. The molecule has 0 amide bonds. The molecule has 1 aromatic rings. The van der Waals surface area contributed by atoms with Crippen molar-refractivity contribution in [2.45, 2.75) is 31.8 Å². The third-order valence-electron chi connectivity index (χ3n) is 3.61. The summed E-state index contributed by atoms with van der Waals surface area (Å²) in [5, 5.41) is 13.1. The van der Waals surface area contributed by atoms with Gasteiger partial charge in [-0.25, -0.2) is 9.78 Å². The fourth-order valence-electron chi connectivity index (χ4n) is 2.47. The van der Waals surface area contributed by atoms with Gasteiger partial charge >= 0.3 is 5.97 Å². The van der Waals surface area contributed by atoms with Crippen molar-refractivity contribution in [1.29, 1.82) is 0 Å². The lowest BCUT2D eigenvalue weighted by atomic mass is 9.86. The summed E-state index contributed by atoms with van der Waals surface area (Å²) < 4.78 is 4.72. The molecule has 0 saturated heterocycles. The predicted octanol–water partition coefficient (Wildman–Crippen LogP) is 1.83. The Morgan fingerprint density at radius 3 is 3.05 bits per heavy atom. The number of ether oxygens (including phenoxy) is 1. The van der Waals surface area contributed by atoms with E-state index < -0.39 is 5.97 Å². The number of anilines is 1. The maximum absolute atomic E-state index is 11.6. The van der Waals surface area contributed by atoms with Crippen LogP contribution in [0.5, 0.6) is 0 Å². The Labute approximate surface area is 113 Å². The summed E-state index contributed by atoms with van der Waals surface area (Å²) in [5.41, 5.74) is 0.426. The average Bonchev–Trinajstić information content (AvgIpc) is 2.46. The first-order valence-electron chi connectivity index (χ1n) is 6.67. The zero-order valence-electron chi connectivity index (χ0n) is 11.1. The highest BCUT2D eigenvalue weighted by Crippen LogP contribution is 2.25. The number of carbonyl (C=O) groups is 1. The molecule has 2 rings (SSSR count). The number of aliphatic hydroxyl groups is 1. The summed E-state index contributed by atoms with van der Waals surface area (Å²) in [5.74, 6) is 0.341. The molecule has 0 bridgehead atoms. The van der Waals surface area contributed by atoms with Crippen molar-refractivity contribution in [1.82, 2.24) is 4.98 Å². The number of aromatic nitrogens is 1. The SMILES string of the molecule is COC(=O)c1cccnc1NCC1CCCCC1O. The summed E-state index contributed by atoms with van der Waals surface area (Å²) in [7, 11) is 1.35. The van der Waals surface area contributed by atoms with E-state index in [1.54, 1.807) is 18.3 Å². The highest BCUT2D eigenvalue weighted by molar-refractivity contribution is 5.94. The van der Waals surface area contributed by atoms with Crippen molar-refractivity contribution < 1.29 is 14.6 Å². The first-order valence-corrected chi connectivity index (χ1v) is 6.67. The highest BCUT2D eigenvalue weighted by Gasteiger charge is 2.23. The number of rotatable bonds is 4. The molecule has 1 heterocycles. The smallest absolute Gasteiger partial charge is 0.341 e. The molecule has 0 aliphatic heterocycles. The van der Waals surface area contributed by atoms with Crippen LogP contribution in [0.25, 0.3) is 0 Å². The zero-order valence-corrected chi connectivity index (χ0v) is 11.1. The largest absolute Gasteiger partial charge is 0.465 e. The van der Waals surface area contributed by atoms with Crippen LogP contribution in [0.2, 0.25) is 0 Å². The maximum Gasteiger partial charge on any atom is 0.341 e. The molecule has 0 aromatic carbocycles. The number of carbonyl (C=O) groups excluding carboxylic acids is 1. The third-order valence-corrected chi connectivity index (χ3v) is 3.61. The van der Waals surface area contributed by atoms with Crippen LogP contribution in [0.4, 0.5) is 5.82 Å². The quantitative estimate of drug-likeness (QED) is 0.812. The van der Waals surface area contributed by atoms with Crippen LogP contribution in [0.3, 0.4) is 0 Å².